The fraction of sp³-hybridized carbons (Fsp3) is 0.258. The topological polar surface area (TPSA) is 92.7 Å². The highest BCUT2D eigenvalue weighted by Crippen LogP contribution is 2.24. The summed E-state index contributed by atoms with van der Waals surface area (Å²) in [5, 5.41) is 2.08. The Bertz CT molecular complexity index is 1550. The van der Waals surface area contributed by atoms with E-state index in [0.717, 1.165) is 16.3 Å². The summed E-state index contributed by atoms with van der Waals surface area (Å²) < 4.78 is 5.24. The second-order valence-corrected chi connectivity index (χ2v) is 9.60. The van der Waals surface area contributed by atoms with Crippen molar-refractivity contribution in [3.8, 4) is 11.4 Å². The highest BCUT2D eigenvalue weighted by molar-refractivity contribution is 6.05. The molecule has 1 aromatic heterocycles. The molecular formula is C31H30N4O4. The van der Waals surface area contributed by atoms with Crippen LogP contribution in [0, 0.1) is 6.92 Å². The first-order chi connectivity index (χ1) is 18.9. The molecular weight excluding hydrogens is 492 g/mol. The van der Waals surface area contributed by atoms with E-state index in [1.54, 1.807) is 23.6 Å². The number of carbonyl (C=O) groups excluding carboxylic acids is 3. The van der Waals surface area contributed by atoms with Crippen molar-refractivity contribution >= 4 is 28.6 Å². The summed E-state index contributed by atoms with van der Waals surface area (Å²) in [7, 11) is 0. The van der Waals surface area contributed by atoms with Gasteiger partial charge in [-0.05, 0) is 43.7 Å². The van der Waals surface area contributed by atoms with Crippen LogP contribution >= 0.6 is 0 Å². The minimum absolute atomic E-state index is 0.0151. The molecule has 2 heterocycles. The Morgan fingerprint density at radius 3 is 2.33 bits per heavy atom. The Labute approximate surface area is 227 Å². The second kappa shape index (κ2) is 11.0. The van der Waals surface area contributed by atoms with Gasteiger partial charge in [0.25, 0.3) is 11.8 Å². The summed E-state index contributed by atoms with van der Waals surface area (Å²) in [6.45, 7) is 6.47. The summed E-state index contributed by atoms with van der Waals surface area (Å²) >= 11 is 0. The zero-order valence-corrected chi connectivity index (χ0v) is 22.3. The van der Waals surface area contributed by atoms with Gasteiger partial charge in [0.1, 0.15) is 11.3 Å². The number of carbonyl (C=O) groups is 3. The molecule has 0 aliphatic carbocycles. The number of benzene rings is 3. The van der Waals surface area contributed by atoms with Crippen molar-refractivity contribution in [1.29, 1.82) is 0 Å². The van der Waals surface area contributed by atoms with Gasteiger partial charge in [-0.1, -0.05) is 60.7 Å². The van der Waals surface area contributed by atoms with E-state index in [-0.39, 0.29) is 35.7 Å². The van der Waals surface area contributed by atoms with Gasteiger partial charge in [-0.15, -0.1) is 0 Å². The number of ether oxygens (including phenoxy) is 1. The van der Waals surface area contributed by atoms with E-state index in [2.05, 4.69) is 9.97 Å². The monoisotopic (exact) mass is 522 g/mol. The molecule has 2 amide bonds. The third-order valence-electron chi connectivity index (χ3n) is 6.98. The average Bonchev–Trinajstić information content (AvgIpc) is 2.96. The zero-order chi connectivity index (χ0) is 27.5. The molecule has 1 saturated heterocycles. The third kappa shape index (κ3) is 5.23. The molecule has 1 atom stereocenters. The van der Waals surface area contributed by atoms with Crippen molar-refractivity contribution in [2.45, 2.75) is 26.8 Å². The molecule has 0 N–H and O–H groups in total. The number of esters is 1. The van der Waals surface area contributed by atoms with Crippen LogP contribution in [-0.2, 0) is 4.74 Å². The molecule has 5 rings (SSSR count). The van der Waals surface area contributed by atoms with E-state index in [9.17, 15) is 14.4 Å². The number of fused-ring (bicyclic) bond motifs is 1. The van der Waals surface area contributed by atoms with Crippen molar-refractivity contribution in [1.82, 2.24) is 19.8 Å². The van der Waals surface area contributed by atoms with Gasteiger partial charge in [0.15, 0.2) is 5.82 Å². The smallest absolute Gasteiger partial charge is 0.342 e. The summed E-state index contributed by atoms with van der Waals surface area (Å²) in [6, 6.07) is 22.7. The SMILES string of the molecule is CCOC(=O)c1c(C)nc(-c2ccccc2)nc1C(=O)N1CCN(C(=O)c2ccc3ccccc3c2)C(C)C1. The maximum absolute atomic E-state index is 13.8. The van der Waals surface area contributed by atoms with E-state index in [1.165, 1.54) is 0 Å². The quantitative estimate of drug-likeness (QED) is 0.351. The van der Waals surface area contributed by atoms with Gasteiger partial charge in [-0.3, -0.25) is 9.59 Å². The lowest BCUT2D eigenvalue weighted by molar-refractivity contribution is 0.0406. The molecule has 1 unspecified atom stereocenters. The number of amides is 2. The summed E-state index contributed by atoms with van der Waals surface area (Å²) in [4.78, 5) is 52.6. The fourth-order valence-electron chi connectivity index (χ4n) is 4.97. The molecule has 1 aliphatic heterocycles. The van der Waals surface area contributed by atoms with Crippen LogP contribution in [0.1, 0.15) is 50.7 Å². The second-order valence-electron chi connectivity index (χ2n) is 9.60. The molecule has 1 fully saturated rings. The first kappa shape index (κ1) is 26.0. The number of aromatic nitrogens is 2. The molecule has 198 valence electrons. The van der Waals surface area contributed by atoms with E-state index in [0.29, 0.717) is 36.7 Å². The Kier molecular flexibility index (Phi) is 7.36. The summed E-state index contributed by atoms with van der Waals surface area (Å²) in [6.07, 6.45) is 0. The molecule has 0 bridgehead atoms. The molecule has 1 aliphatic rings. The highest BCUT2D eigenvalue weighted by atomic mass is 16.5. The molecule has 3 aromatic carbocycles. The maximum atomic E-state index is 13.8. The number of rotatable bonds is 5. The third-order valence-corrected chi connectivity index (χ3v) is 6.98. The first-order valence-electron chi connectivity index (χ1n) is 13.1. The van der Waals surface area contributed by atoms with Crippen LogP contribution in [0.4, 0.5) is 0 Å². The van der Waals surface area contributed by atoms with E-state index >= 15 is 0 Å². The van der Waals surface area contributed by atoms with Crippen LogP contribution in [0.3, 0.4) is 0 Å². The number of aryl methyl sites for hydroxylation is 1. The van der Waals surface area contributed by atoms with E-state index in [4.69, 9.17) is 4.74 Å². The van der Waals surface area contributed by atoms with Crippen molar-refractivity contribution < 1.29 is 19.1 Å². The van der Waals surface area contributed by atoms with Crippen LogP contribution in [0.25, 0.3) is 22.2 Å². The van der Waals surface area contributed by atoms with Crippen LogP contribution in [0.2, 0.25) is 0 Å². The predicted octanol–water partition coefficient (Wildman–Crippen LogP) is 4.77. The van der Waals surface area contributed by atoms with Crippen molar-refractivity contribution in [3.05, 3.63) is 95.3 Å². The lowest BCUT2D eigenvalue weighted by atomic mass is 10.0. The van der Waals surface area contributed by atoms with Crippen LogP contribution in [0.5, 0.6) is 0 Å². The molecule has 0 saturated carbocycles. The Balaban J connectivity index is 1.41. The van der Waals surface area contributed by atoms with Crippen molar-refractivity contribution in [2.24, 2.45) is 0 Å². The molecule has 8 heteroatoms. The molecule has 8 nitrogen and oxygen atoms in total. The average molecular weight is 523 g/mol. The Morgan fingerprint density at radius 2 is 1.62 bits per heavy atom. The zero-order valence-electron chi connectivity index (χ0n) is 22.3. The summed E-state index contributed by atoms with van der Waals surface area (Å²) in [5.74, 6) is -0.721. The normalized spacial score (nSPS) is 15.3. The highest BCUT2D eigenvalue weighted by Gasteiger charge is 2.34. The predicted molar refractivity (Wildman–Crippen MR) is 149 cm³/mol. The van der Waals surface area contributed by atoms with Gasteiger partial charge in [-0.25, -0.2) is 14.8 Å². The van der Waals surface area contributed by atoms with E-state index < -0.39 is 5.97 Å². The maximum Gasteiger partial charge on any atom is 0.342 e. The van der Waals surface area contributed by atoms with Gasteiger partial charge in [0.05, 0.1) is 12.3 Å². The largest absolute Gasteiger partial charge is 0.462 e. The number of hydrogen-bond acceptors (Lipinski definition) is 6. The van der Waals surface area contributed by atoms with Crippen LogP contribution < -0.4 is 0 Å². The minimum atomic E-state index is -0.629. The Hall–Kier alpha value is -4.59. The number of nitrogens with zero attached hydrogens (tertiary/aromatic N) is 4. The van der Waals surface area contributed by atoms with Gasteiger partial charge >= 0.3 is 5.97 Å². The first-order valence-corrected chi connectivity index (χ1v) is 13.1. The number of hydrogen-bond donors (Lipinski definition) is 0. The number of piperazine rings is 1. The lowest BCUT2D eigenvalue weighted by Crippen LogP contribution is -2.55. The summed E-state index contributed by atoms with van der Waals surface area (Å²) in [5.41, 5.74) is 1.82. The van der Waals surface area contributed by atoms with Gasteiger partial charge in [0, 0.05) is 36.8 Å². The Morgan fingerprint density at radius 1 is 0.897 bits per heavy atom. The fourth-order valence-corrected chi connectivity index (χ4v) is 4.97. The van der Waals surface area contributed by atoms with E-state index in [1.807, 2.05) is 79.7 Å². The lowest BCUT2D eigenvalue weighted by Gasteiger charge is -2.40. The van der Waals surface area contributed by atoms with Gasteiger partial charge in [-0.2, -0.15) is 0 Å². The molecule has 0 spiro atoms. The minimum Gasteiger partial charge on any atom is -0.462 e. The van der Waals surface area contributed by atoms with Crippen molar-refractivity contribution in [2.75, 3.05) is 26.2 Å². The standard InChI is InChI=1S/C31H30N4O4/c1-4-39-31(38)26-21(3)32-28(23-11-6-5-7-12-23)33-27(26)30(37)34-16-17-35(20(2)19-34)29(36)25-15-14-22-10-8-9-13-24(22)18-25/h5-15,18,20H,4,16-17,19H2,1-3H3. The van der Waals surface area contributed by atoms with Crippen LogP contribution in [0.15, 0.2) is 72.8 Å². The van der Waals surface area contributed by atoms with Crippen molar-refractivity contribution in [3.63, 3.8) is 0 Å². The van der Waals surface area contributed by atoms with Crippen LogP contribution in [-0.4, -0.2) is 69.8 Å². The molecule has 39 heavy (non-hydrogen) atoms. The van der Waals surface area contributed by atoms with Gasteiger partial charge in [0.2, 0.25) is 0 Å². The van der Waals surface area contributed by atoms with Gasteiger partial charge < -0.3 is 14.5 Å². The molecule has 0 radical (unpaired) electrons. The molecule has 4 aromatic rings.